The fourth-order valence-electron chi connectivity index (χ4n) is 4.69. The molecule has 0 bridgehead atoms. The molecule has 242 valence electrons. The summed E-state index contributed by atoms with van der Waals surface area (Å²) in [6.45, 7) is 7.86. The third-order valence-corrected chi connectivity index (χ3v) is 6.70. The number of Topliss-reactive ketones (excluding diaryl/α,β-unsaturated/α-hetero) is 1. The number of benzene rings is 2. The molecule has 3 aromatic rings. The summed E-state index contributed by atoms with van der Waals surface area (Å²) in [7, 11) is 1.37. The Labute approximate surface area is 260 Å². The third kappa shape index (κ3) is 9.13. The number of carbonyl (C=O) groups excluding carboxylic acids is 3. The lowest BCUT2D eigenvalue weighted by atomic mass is 9.85. The van der Waals surface area contributed by atoms with Gasteiger partial charge in [-0.25, -0.2) is 13.8 Å². The van der Waals surface area contributed by atoms with E-state index in [9.17, 15) is 23.2 Å². The molecule has 0 unspecified atom stereocenters. The standard InChI is InChI=1S/C33H37F2NO9/c1-7-41-28-16-22(34)9-11-24(28)30(25-12-10-23(35)17-29(25)42-8-2)20(4)45-33(39)19(3)15-26(38)31-32(44-18-43-21(5)37)27(40-6)13-14-36-31/h9-14,16-17,19-20,30H,7-8,15,18H2,1-6H3/t19-,20+/m1/s1. The van der Waals surface area contributed by atoms with Crippen LogP contribution in [0.3, 0.4) is 0 Å². The summed E-state index contributed by atoms with van der Waals surface area (Å²) >= 11 is 0. The van der Waals surface area contributed by atoms with Crippen molar-refractivity contribution in [3.05, 3.63) is 77.1 Å². The number of ether oxygens (including phenoxy) is 6. The minimum absolute atomic E-state index is 0.0419. The Morgan fingerprint density at radius 3 is 1.93 bits per heavy atom. The monoisotopic (exact) mass is 629 g/mol. The van der Waals surface area contributed by atoms with Crippen LogP contribution in [0.1, 0.15) is 68.6 Å². The van der Waals surface area contributed by atoms with E-state index >= 15 is 0 Å². The van der Waals surface area contributed by atoms with Gasteiger partial charge < -0.3 is 28.4 Å². The Balaban J connectivity index is 1.90. The molecule has 0 aliphatic heterocycles. The van der Waals surface area contributed by atoms with E-state index in [0.29, 0.717) is 11.1 Å². The smallest absolute Gasteiger partial charge is 0.309 e. The van der Waals surface area contributed by atoms with Gasteiger partial charge in [-0.2, -0.15) is 0 Å². The first-order valence-corrected chi connectivity index (χ1v) is 14.4. The van der Waals surface area contributed by atoms with Crippen LogP contribution in [0.25, 0.3) is 0 Å². The number of carbonyl (C=O) groups is 3. The Bertz CT molecular complexity index is 1440. The molecule has 0 aliphatic rings. The maximum atomic E-state index is 14.2. The van der Waals surface area contributed by atoms with E-state index < -0.39 is 54.1 Å². The van der Waals surface area contributed by atoms with Gasteiger partial charge in [0.25, 0.3) is 0 Å². The van der Waals surface area contributed by atoms with Crippen LogP contribution >= 0.6 is 0 Å². The van der Waals surface area contributed by atoms with E-state index in [-0.39, 0.29) is 48.3 Å². The molecular formula is C33H37F2NO9. The molecule has 12 heteroatoms. The van der Waals surface area contributed by atoms with Crippen LogP contribution in [0.2, 0.25) is 0 Å². The minimum Gasteiger partial charge on any atom is -0.493 e. The molecule has 0 fully saturated rings. The molecule has 0 amide bonds. The van der Waals surface area contributed by atoms with Gasteiger partial charge in [-0.05, 0) is 32.9 Å². The zero-order valence-corrected chi connectivity index (χ0v) is 26.1. The molecule has 1 heterocycles. The predicted molar refractivity (Wildman–Crippen MR) is 159 cm³/mol. The van der Waals surface area contributed by atoms with Gasteiger partial charge >= 0.3 is 11.9 Å². The van der Waals surface area contributed by atoms with Gasteiger partial charge in [0.2, 0.25) is 6.79 Å². The fraction of sp³-hybridized carbons (Fsp3) is 0.394. The van der Waals surface area contributed by atoms with Crippen LogP contribution in [-0.4, -0.2) is 55.9 Å². The third-order valence-electron chi connectivity index (χ3n) is 6.70. The van der Waals surface area contributed by atoms with Gasteiger partial charge in [0.15, 0.2) is 23.0 Å². The van der Waals surface area contributed by atoms with E-state index in [4.69, 9.17) is 28.4 Å². The zero-order chi connectivity index (χ0) is 33.1. The number of esters is 2. The highest BCUT2D eigenvalue weighted by atomic mass is 19.1. The normalized spacial score (nSPS) is 12.2. The number of pyridine rings is 1. The number of rotatable bonds is 16. The Hall–Kier alpha value is -4.74. The molecule has 2 atom stereocenters. The maximum absolute atomic E-state index is 14.2. The van der Waals surface area contributed by atoms with Crippen molar-refractivity contribution in [1.82, 2.24) is 4.98 Å². The lowest BCUT2D eigenvalue weighted by Gasteiger charge is -2.29. The van der Waals surface area contributed by atoms with Crippen molar-refractivity contribution in [2.75, 3.05) is 27.1 Å². The first-order chi connectivity index (χ1) is 21.5. The highest BCUT2D eigenvalue weighted by molar-refractivity contribution is 5.99. The molecule has 0 saturated carbocycles. The molecule has 2 aromatic carbocycles. The zero-order valence-electron chi connectivity index (χ0n) is 26.1. The summed E-state index contributed by atoms with van der Waals surface area (Å²) < 4.78 is 61.3. The van der Waals surface area contributed by atoms with Gasteiger partial charge in [0.05, 0.1) is 32.2 Å². The quantitative estimate of drug-likeness (QED) is 0.105. The molecule has 0 aliphatic carbocycles. The van der Waals surface area contributed by atoms with Gasteiger partial charge in [-0.1, -0.05) is 19.1 Å². The summed E-state index contributed by atoms with van der Waals surface area (Å²) in [5.41, 5.74) is 0.863. The van der Waals surface area contributed by atoms with Gasteiger partial charge in [-0.15, -0.1) is 0 Å². The lowest BCUT2D eigenvalue weighted by molar-refractivity contribution is -0.153. The van der Waals surface area contributed by atoms with Gasteiger partial charge in [0.1, 0.15) is 29.2 Å². The Morgan fingerprint density at radius 2 is 1.42 bits per heavy atom. The van der Waals surface area contributed by atoms with E-state index in [2.05, 4.69) is 4.98 Å². The van der Waals surface area contributed by atoms with Crippen LogP contribution in [0.5, 0.6) is 23.0 Å². The van der Waals surface area contributed by atoms with Crippen LogP contribution in [0, 0.1) is 17.6 Å². The van der Waals surface area contributed by atoms with Crippen LogP contribution in [-0.2, 0) is 19.1 Å². The molecule has 0 spiro atoms. The number of methoxy groups -OCH3 is 1. The number of halogens is 2. The molecule has 0 N–H and O–H groups in total. The van der Waals surface area contributed by atoms with Crippen molar-refractivity contribution < 1.29 is 51.6 Å². The molecular weight excluding hydrogens is 592 g/mol. The second-order valence-electron chi connectivity index (χ2n) is 9.97. The van der Waals surface area contributed by atoms with E-state index in [1.807, 2.05) is 0 Å². The average molecular weight is 630 g/mol. The van der Waals surface area contributed by atoms with Gasteiger partial charge in [0, 0.05) is 48.9 Å². The summed E-state index contributed by atoms with van der Waals surface area (Å²) in [5, 5.41) is 0. The average Bonchev–Trinajstić information content (AvgIpc) is 2.99. The number of hydrogen-bond donors (Lipinski definition) is 0. The highest BCUT2D eigenvalue weighted by Crippen LogP contribution is 2.41. The largest absolute Gasteiger partial charge is 0.493 e. The van der Waals surface area contributed by atoms with E-state index in [0.717, 1.165) is 0 Å². The second kappa shape index (κ2) is 16.4. The van der Waals surface area contributed by atoms with Crippen LogP contribution in [0.15, 0.2) is 48.7 Å². The lowest BCUT2D eigenvalue weighted by Crippen LogP contribution is -2.28. The van der Waals surface area contributed by atoms with Crippen molar-refractivity contribution in [2.45, 2.75) is 53.1 Å². The molecule has 0 saturated heterocycles. The summed E-state index contributed by atoms with van der Waals surface area (Å²) in [6.07, 6.45) is 0.140. The molecule has 45 heavy (non-hydrogen) atoms. The van der Waals surface area contributed by atoms with Crippen molar-refractivity contribution in [2.24, 2.45) is 5.92 Å². The number of nitrogens with zero attached hydrogens (tertiary/aromatic N) is 1. The maximum Gasteiger partial charge on any atom is 0.309 e. The van der Waals surface area contributed by atoms with Crippen LogP contribution in [0.4, 0.5) is 8.78 Å². The predicted octanol–water partition coefficient (Wildman–Crippen LogP) is 6.04. The molecule has 3 rings (SSSR count). The molecule has 1 aromatic heterocycles. The van der Waals surface area contributed by atoms with E-state index in [1.54, 1.807) is 20.8 Å². The molecule has 0 radical (unpaired) electrons. The highest BCUT2D eigenvalue weighted by Gasteiger charge is 2.33. The number of ketones is 1. The topological polar surface area (TPSA) is 119 Å². The summed E-state index contributed by atoms with van der Waals surface area (Å²) in [5.74, 6) is -3.99. The minimum atomic E-state index is -0.936. The fourth-order valence-corrected chi connectivity index (χ4v) is 4.69. The summed E-state index contributed by atoms with van der Waals surface area (Å²) in [6, 6.07) is 9.48. The van der Waals surface area contributed by atoms with Gasteiger partial charge in [-0.3, -0.25) is 14.4 Å². The first kappa shape index (κ1) is 34.7. The number of hydrogen-bond acceptors (Lipinski definition) is 10. The molecule has 10 nitrogen and oxygen atoms in total. The number of aromatic nitrogens is 1. The Morgan fingerprint density at radius 1 is 0.844 bits per heavy atom. The first-order valence-electron chi connectivity index (χ1n) is 14.4. The SMILES string of the molecule is CCOc1cc(F)ccc1C(c1ccc(F)cc1OCC)[C@H](C)OC(=O)[C@H](C)CC(=O)c1nccc(OC)c1OCOC(C)=O. The second-order valence-corrected chi connectivity index (χ2v) is 9.97. The van der Waals surface area contributed by atoms with Crippen molar-refractivity contribution >= 4 is 17.7 Å². The Kier molecular flexibility index (Phi) is 12.6. The summed E-state index contributed by atoms with van der Waals surface area (Å²) in [4.78, 5) is 41.9. The van der Waals surface area contributed by atoms with Crippen molar-refractivity contribution in [1.29, 1.82) is 0 Å². The van der Waals surface area contributed by atoms with Crippen LogP contribution < -0.4 is 18.9 Å². The van der Waals surface area contributed by atoms with Crippen molar-refractivity contribution in [3.8, 4) is 23.0 Å². The van der Waals surface area contributed by atoms with Crippen molar-refractivity contribution in [3.63, 3.8) is 0 Å². The van der Waals surface area contributed by atoms with E-state index in [1.165, 1.54) is 69.6 Å².